The summed E-state index contributed by atoms with van der Waals surface area (Å²) in [7, 11) is 0. The Hall–Kier alpha value is -1.42. The molecule has 104 valence electrons. The van der Waals surface area contributed by atoms with Gasteiger partial charge in [-0.3, -0.25) is 4.79 Å². The summed E-state index contributed by atoms with van der Waals surface area (Å²) in [6.07, 6.45) is 2.25. The molecule has 1 aromatic heterocycles. The highest BCUT2D eigenvalue weighted by molar-refractivity contribution is 9.10. The van der Waals surface area contributed by atoms with Gasteiger partial charge in [0.1, 0.15) is 10.3 Å². The van der Waals surface area contributed by atoms with Crippen molar-refractivity contribution in [2.75, 3.05) is 0 Å². The number of hydrogen-bond donors (Lipinski definition) is 1. The molecule has 1 aliphatic carbocycles. The monoisotopic (exact) mass is 332 g/mol. The van der Waals surface area contributed by atoms with Crippen molar-refractivity contribution in [1.29, 1.82) is 0 Å². The number of benzene rings is 1. The van der Waals surface area contributed by atoms with Crippen LogP contribution < -0.4 is 5.56 Å². The number of rotatable bonds is 2. The van der Waals surface area contributed by atoms with E-state index in [0.29, 0.717) is 16.2 Å². The van der Waals surface area contributed by atoms with E-state index in [9.17, 15) is 4.79 Å². The average molecular weight is 333 g/mol. The smallest absolute Gasteiger partial charge is 0.265 e. The van der Waals surface area contributed by atoms with Crippen molar-refractivity contribution >= 4 is 15.9 Å². The normalized spacial score (nSPS) is 14.6. The molecule has 1 N–H and O–H groups in total. The fourth-order valence-corrected chi connectivity index (χ4v) is 2.96. The third-order valence-corrected chi connectivity index (χ3v) is 4.71. The van der Waals surface area contributed by atoms with Crippen LogP contribution in [0.3, 0.4) is 0 Å². The van der Waals surface area contributed by atoms with Crippen LogP contribution in [0, 0.1) is 20.8 Å². The fraction of sp³-hybridized carbons (Fsp3) is 0.375. The zero-order chi connectivity index (χ0) is 14.4. The Bertz CT molecular complexity index is 745. The van der Waals surface area contributed by atoms with Crippen molar-refractivity contribution in [3.63, 3.8) is 0 Å². The van der Waals surface area contributed by atoms with Gasteiger partial charge >= 0.3 is 0 Å². The van der Waals surface area contributed by atoms with Gasteiger partial charge in [-0.1, -0.05) is 6.07 Å². The van der Waals surface area contributed by atoms with Crippen molar-refractivity contribution in [1.82, 2.24) is 9.97 Å². The molecule has 0 bridgehead atoms. The summed E-state index contributed by atoms with van der Waals surface area (Å²) in [5.41, 5.74) is 5.44. The topological polar surface area (TPSA) is 45.8 Å². The summed E-state index contributed by atoms with van der Waals surface area (Å²) in [6, 6.07) is 4.25. The molecular formula is C16H17BrN2O. The Morgan fingerprint density at radius 2 is 1.80 bits per heavy atom. The lowest BCUT2D eigenvalue weighted by Crippen LogP contribution is -2.13. The highest BCUT2D eigenvalue weighted by atomic mass is 79.9. The number of H-pyrrole nitrogens is 1. The zero-order valence-corrected chi connectivity index (χ0v) is 13.5. The molecule has 1 aromatic carbocycles. The first-order chi connectivity index (χ1) is 9.47. The highest BCUT2D eigenvalue weighted by Gasteiger charge is 2.29. The molecule has 1 aliphatic rings. The summed E-state index contributed by atoms with van der Waals surface area (Å²) in [5.74, 6) is 1.12. The quantitative estimate of drug-likeness (QED) is 0.903. The minimum absolute atomic E-state index is 0.0884. The minimum atomic E-state index is -0.0884. The summed E-state index contributed by atoms with van der Waals surface area (Å²) in [6.45, 7) is 6.23. The van der Waals surface area contributed by atoms with Gasteiger partial charge < -0.3 is 4.98 Å². The average Bonchev–Trinajstić information content (AvgIpc) is 3.21. The Morgan fingerprint density at radius 3 is 2.45 bits per heavy atom. The number of aromatic amines is 1. The first kappa shape index (κ1) is 13.6. The number of nitrogens with one attached hydrogen (secondary N) is 1. The van der Waals surface area contributed by atoms with E-state index in [2.05, 4.69) is 53.8 Å². The van der Waals surface area contributed by atoms with Crippen LogP contribution in [0.2, 0.25) is 0 Å². The number of hydrogen-bond acceptors (Lipinski definition) is 2. The van der Waals surface area contributed by atoms with E-state index < -0.39 is 0 Å². The lowest BCUT2D eigenvalue weighted by Gasteiger charge is -2.11. The molecule has 3 nitrogen and oxygen atoms in total. The number of halogens is 1. The van der Waals surface area contributed by atoms with E-state index in [1.54, 1.807) is 0 Å². The van der Waals surface area contributed by atoms with Crippen LogP contribution in [0.25, 0.3) is 11.4 Å². The van der Waals surface area contributed by atoms with Crippen LogP contribution in [0.5, 0.6) is 0 Å². The lowest BCUT2D eigenvalue weighted by atomic mass is 10.0. The molecule has 0 unspecified atom stereocenters. The molecule has 0 saturated heterocycles. The van der Waals surface area contributed by atoms with E-state index in [1.165, 1.54) is 11.1 Å². The number of aryl methyl sites for hydroxylation is 3. The molecule has 0 radical (unpaired) electrons. The second-order valence-electron chi connectivity index (χ2n) is 5.64. The van der Waals surface area contributed by atoms with Crippen LogP contribution in [0.1, 0.15) is 41.1 Å². The predicted octanol–water partition coefficient (Wildman–Crippen LogP) is 4.00. The van der Waals surface area contributed by atoms with Crippen LogP contribution in [0.15, 0.2) is 21.4 Å². The van der Waals surface area contributed by atoms with Crippen molar-refractivity contribution in [3.05, 3.63) is 49.3 Å². The lowest BCUT2D eigenvalue weighted by molar-refractivity contribution is 0.958. The molecule has 0 spiro atoms. The third kappa shape index (κ3) is 2.33. The number of aromatic nitrogens is 2. The first-order valence-corrected chi connectivity index (χ1v) is 7.64. The van der Waals surface area contributed by atoms with Crippen LogP contribution >= 0.6 is 15.9 Å². The Morgan fingerprint density at radius 1 is 1.15 bits per heavy atom. The maximum absolute atomic E-state index is 12.1. The Labute approximate surface area is 126 Å². The molecule has 1 saturated carbocycles. The standard InChI is InChI=1S/C16H17BrN2O/c1-8-6-10(3)12(7-9(8)2)15-18-14(11-4-5-11)13(17)16(20)19-15/h6-7,11H,4-5H2,1-3H3,(H,18,19,20). The SMILES string of the molecule is Cc1cc(C)c(-c2nc(C3CC3)c(Br)c(=O)[nH]2)cc1C. The Kier molecular flexibility index (Phi) is 3.28. The zero-order valence-electron chi connectivity index (χ0n) is 11.9. The van der Waals surface area contributed by atoms with Gasteiger partial charge in [0.05, 0.1) is 5.69 Å². The van der Waals surface area contributed by atoms with Crippen molar-refractivity contribution in [2.45, 2.75) is 39.5 Å². The molecule has 20 heavy (non-hydrogen) atoms. The van der Waals surface area contributed by atoms with E-state index in [-0.39, 0.29) is 5.56 Å². The maximum Gasteiger partial charge on any atom is 0.265 e. The first-order valence-electron chi connectivity index (χ1n) is 6.85. The van der Waals surface area contributed by atoms with Gasteiger partial charge in [-0.15, -0.1) is 0 Å². The predicted molar refractivity (Wildman–Crippen MR) is 84.2 cm³/mol. The summed E-state index contributed by atoms with van der Waals surface area (Å²) in [4.78, 5) is 19.7. The van der Waals surface area contributed by atoms with Gasteiger partial charge in [-0.25, -0.2) is 4.98 Å². The molecule has 3 rings (SSSR count). The second kappa shape index (κ2) is 4.85. The van der Waals surface area contributed by atoms with E-state index in [1.807, 2.05) is 0 Å². The third-order valence-electron chi connectivity index (χ3n) is 3.95. The summed E-state index contributed by atoms with van der Waals surface area (Å²) < 4.78 is 0.588. The van der Waals surface area contributed by atoms with Gasteiger partial charge in [-0.2, -0.15) is 0 Å². The van der Waals surface area contributed by atoms with Gasteiger partial charge in [0, 0.05) is 11.5 Å². The highest BCUT2D eigenvalue weighted by Crippen LogP contribution is 2.41. The largest absolute Gasteiger partial charge is 0.306 e. The van der Waals surface area contributed by atoms with E-state index in [4.69, 9.17) is 4.98 Å². The molecular weight excluding hydrogens is 316 g/mol. The molecule has 2 aromatic rings. The molecule has 1 fully saturated rings. The van der Waals surface area contributed by atoms with Gasteiger partial charge in [0.25, 0.3) is 5.56 Å². The second-order valence-corrected chi connectivity index (χ2v) is 6.43. The van der Waals surface area contributed by atoms with Crippen LogP contribution in [0.4, 0.5) is 0 Å². The number of nitrogens with zero attached hydrogens (tertiary/aromatic N) is 1. The van der Waals surface area contributed by atoms with Crippen molar-refractivity contribution in [2.24, 2.45) is 0 Å². The van der Waals surface area contributed by atoms with E-state index >= 15 is 0 Å². The van der Waals surface area contributed by atoms with Gasteiger partial charge in [0.2, 0.25) is 0 Å². The molecule has 0 amide bonds. The van der Waals surface area contributed by atoms with Gasteiger partial charge in [-0.05, 0) is 72.3 Å². The van der Waals surface area contributed by atoms with Crippen LogP contribution in [-0.4, -0.2) is 9.97 Å². The molecule has 0 aliphatic heterocycles. The molecule has 4 heteroatoms. The fourth-order valence-electron chi connectivity index (χ4n) is 2.45. The van der Waals surface area contributed by atoms with Crippen molar-refractivity contribution in [3.8, 4) is 11.4 Å². The van der Waals surface area contributed by atoms with Crippen molar-refractivity contribution < 1.29 is 0 Å². The molecule has 1 heterocycles. The summed E-state index contributed by atoms with van der Waals surface area (Å²) >= 11 is 3.37. The summed E-state index contributed by atoms with van der Waals surface area (Å²) in [5, 5.41) is 0. The van der Waals surface area contributed by atoms with Crippen LogP contribution in [-0.2, 0) is 0 Å². The minimum Gasteiger partial charge on any atom is -0.306 e. The maximum atomic E-state index is 12.1. The van der Waals surface area contributed by atoms with Gasteiger partial charge in [0.15, 0.2) is 0 Å². The van der Waals surface area contributed by atoms with E-state index in [0.717, 1.165) is 29.7 Å². The Balaban J connectivity index is 2.20. The molecule has 0 atom stereocenters.